The molecule has 8 amide bonds. The quantitative estimate of drug-likeness (QED) is 0.0192. The lowest BCUT2D eigenvalue weighted by atomic mass is 9.99. The molecule has 0 aliphatic carbocycles. The van der Waals surface area contributed by atoms with Gasteiger partial charge in [0.25, 0.3) is 0 Å². The largest absolute Gasteiger partial charge is 0.480 e. The van der Waals surface area contributed by atoms with E-state index < -0.39 is 126 Å². The molecule has 1 fully saturated rings. The third kappa shape index (κ3) is 21.7. The molecule has 0 unspecified atom stereocenters. The van der Waals surface area contributed by atoms with Gasteiger partial charge in [0.05, 0.1) is 12.6 Å². The molecule has 1 aliphatic heterocycles. The highest BCUT2D eigenvalue weighted by atomic mass is 16.4. The first-order chi connectivity index (χ1) is 32.2. The molecule has 0 saturated carbocycles. The molecule has 69 heavy (non-hydrogen) atoms. The summed E-state index contributed by atoms with van der Waals surface area (Å²) in [6.45, 7) is 15.2. The zero-order chi connectivity index (χ0) is 52.7. The second kappa shape index (κ2) is 30.8. The Morgan fingerprint density at radius 2 is 1.13 bits per heavy atom. The lowest BCUT2D eigenvalue weighted by Crippen LogP contribution is -2.61. The molecule has 394 valence electrons. The van der Waals surface area contributed by atoms with E-state index in [2.05, 4.69) is 42.2 Å². The highest BCUT2D eigenvalue weighted by Crippen LogP contribution is 2.20. The maximum atomic E-state index is 13.7. The minimum absolute atomic E-state index is 0.0431. The number of aliphatic carboxylic acids is 1. The molecule has 0 aromatic heterocycles. The summed E-state index contributed by atoms with van der Waals surface area (Å²) in [7, 11) is 0. The number of hydrogen-bond acceptors (Lipinski definition) is 13. The third-order valence-corrected chi connectivity index (χ3v) is 11.4. The van der Waals surface area contributed by atoms with Gasteiger partial charge in [0, 0.05) is 13.1 Å². The number of unbranched alkanes of at least 4 members (excludes halogenated alkanes) is 1. The van der Waals surface area contributed by atoms with Crippen molar-refractivity contribution in [2.45, 2.75) is 174 Å². The van der Waals surface area contributed by atoms with Crippen molar-refractivity contribution in [2.75, 3.05) is 26.2 Å². The minimum atomic E-state index is -1.57. The van der Waals surface area contributed by atoms with Gasteiger partial charge in [0.1, 0.15) is 48.3 Å². The van der Waals surface area contributed by atoms with Crippen molar-refractivity contribution in [1.29, 1.82) is 0 Å². The summed E-state index contributed by atoms with van der Waals surface area (Å²) in [5.74, 6) is -8.25. The summed E-state index contributed by atoms with van der Waals surface area (Å²) >= 11 is 0. The maximum absolute atomic E-state index is 13.7. The van der Waals surface area contributed by atoms with Crippen LogP contribution in [0.1, 0.15) is 120 Å². The van der Waals surface area contributed by atoms with Crippen LogP contribution in [0.15, 0.2) is 4.99 Å². The Kier molecular flexibility index (Phi) is 27.4. The fraction of sp³-hybridized carbons (Fsp3) is 0.778. The van der Waals surface area contributed by atoms with Gasteiger partial charge in [-0.1, -0.05) is 55.4 Å². The summed E-state index contributed by atoms with van der Waals surface area (Å²) in [6, 6.07) is -10.6. The number of carboxylic acids is 1. The Labute approximate surface area is 406 Å². The van der Waals surface area contributed by atoms with Crippen molar-refractivity contribution in [2.24, 2.45) is 51.6 Å². The van der Waals surface area contributed by atoms with Crippen molar-refractivity contribution in [3.05, 3.63) is 0 Å². The van der Waals surface area contributed by atoms with Crippen LogP contribution in [0, 0.1) is 23.7 Å². The van der Waals surface area contributed by atoms with Gasteiger partial charge in [-0.25, -0.2) is 4.79 Å². The topological polar surface area (TPSA) is 398 Å². The Balaban J connectivity index is 3.11. The molecule has 0 aromatic rings. The molecule has 1 saturated heterocycles. The maximum Gasteiger partial charge on any atom is 0.326 e. The van der Waals surface area contributed by atoms with E-state index in [9.17, 15) is 53.4 Å². The number of likely N-dealkylation sites (tertiary alicyclic amines) is 1. The van der Waals surface area contributed by atoms with E-state index in [4.69, 9.17) is 22.9 Å². The Morgan fingerprint density at radius 1 is 0.623 bits per heavy atom. The van der Waals surface area contributed by atoms with Gasteiger partial charge >= 0.3 is 5.97 Å². The molecule has 1 heterocycles. The lowest BCUT2D eigenvalue weighted by molar-refractivity contribution is -0.143. The van der Waals surface area contributed by atoms with Crippen LogP contribution in [-0.2, 0) is 43.2 Å². The summed E-state index contributed by atoms with van der Waals surface area (Å²) < 4.78 is 0. The zero-order valence-corrected chi connectivity index (χ0v) is 42.0. The molecule has 24 nitrogen and oxygen atoms in total. The van der Waals surface area contributed by atoms with E-state index in [0.717, 1.165) is 0 Å². The van der Waals surface area contributed by atoms with Crippen LogP contribution in [0.3, 0.4) is 0 Å². The number of hydrogen-bond donors (Lipinski definition) is 13. The van der Waals surface area contributed by atoms with Crippen molar-refractivity contribution in [1.82, 2.24) is 42.1 Å². The second-order valence-corrected chi connectivity index (χ2v) is 19.2. The van der Waals surface area contributed by atoms with E-state index in [1.165, 1.54) is 11.8 Å². The summed E-state index contributed by atoms with van der Waals surface area (Å²) in [4.78, 5) is 125. The van der Waals surface area contributed by atoms with Crippen molar-refractivity contribution in [3.8, 4) is 0 Å². The van der Waals surface area contributed by atoms with Crippen LogP contribution in [0.2, 0.25) is 0 Å². The SMILES string of the molecule is CC(C)C[C@H](NC(=O)[C@@H](NC(=O)[C@H](CCCCN)NC(=O)[C@H](C)NC(=O)[C@H](CC(C)C)NC(=O)[C@H](CO)NC(=O)[C@@H](NC(=O)[C@@H]1CCCN1C(=O)[C@@H](N)CCCN=C(N)N)C(C)C)C(C)C)C(=O)O. The molecule has 0 bridgehead atoms. The standard InChI is InChI=1S/C45H83N13O11/c1-23(2)20-30(38(62)51-27(9)36(60)52-29(15-10-11-17-46)37(61)56-34(25(5)6)41(65)54-31(44(68)69)21-24(3)4)53-39(63)32(22-59)55-42(66)35(26(7)8)57-40(64)33-16-13-19-58(33)43(67)28(47)14-12-18-50-45(48)49/h23-35,59H,10-22,46-47H2,1-9H3,(H,51,62)(H,52,60)(H,53,63)(H,54,65)(H,55,66)(H,56,61)(H,57,64)(H,68,69)(H4,48,49,50)/t27-,28-,29-,30-,31-,32-,33-,34-,35-/m0/s1. The fourth-order valence-electron chi connectivity index (χ4n) is 7.56. The first-order valence-corrected chi connectivity index (χ1v) is 24.0. The number of carboxylic acid groups (broad SMARTS) is 1. The van der Waals surface area contributed by atoms with Crippen molar-refractivity contribution >= 4 is 59.2 Å². The number of carbonyl (C=O) groups is 9. The predicted octanol–water partition coefficient (Wildman–Crippen LogP) is -2.62. The molecule has 17 N–H and O–H groups in total. The number of aliphatic imine (C=N–C) groups is 1. The normalized spacial score (nSPS) is 17.1. The Hall–Kier alpha value is -5.62. The number of nitrogens with zero attached hydrogens (tertiary/aromatic N) is 2. The van der Waals surface area contributed by atoms with Crippen LogP contribution in [0.25, 0.3) is 0 Å². The first kappa shape index (κ1) is 61.4. The number of nitrogens with one attached hydrogen (secondary N) is 7. The van der Waals surface area contributed by atoms with Gasteiger partial charge < -0.3 is 75.3 Å². The molecular formula is C45H83N13O11. The number of aliphatic hydroxyl groups excluding tert-OH is 1. The van der Waals surface area contributed by atoms with Crippen LogP contribution in [-0.4, -0.2) is 155 Å². The Bertz CT molecular complexity index is 1760. The number of rotatable bonds is 31. The number of amides is 8. The van der Waals surface area contributed by atoms with E-state index in [0.29, 0.717) is 38.6 Å². The van der Waals surface area contributed by atoms with Gasteiger partial charge in [-0.2, -0.15) is 0 Å². The molecule has 0 spiro atoms. The van der Waals surface area contributed by atoms with Gasteiger partial charge in [-0.3, -0.25) is 43.3 Å². The molecule has 9 atom stereocenters. The van der Waals surface area contributed by atoms with Crippen LogP contribution in [0.5, 0.6) is 0 Å². The molecule has 0 radical (unpaired) electrons. The third-order valence-electron chi connectivity index (χ3n) is 11.4. The summed E-state index contributed by atoms with van der Waals surface area (Å²) in [5.41, 5.74) is 22.5. The van der Waals surface area contributed by atoms with E-state index >= 15 is 0 Å². The van der Waals surface area contributed by atoms with Gasteiger partial charge in [0.2, 0.25) is 47.3 Å². The van der Waals surface area contributed by atoms with Crippen molar-refractivity contribution < 1.29 is 53.4 Å². The molecule has 0 aromatic carbocycles. The van der Waals surface area contributed by atoms with Crippen molar-refractivity contribution in [3.63, 3.8) is 0 Å². The fourth-order valence-corrected chi connectivity index (χ4v) is 7.56. The zero-order valence-electron chi connectivity index (χ0n) is 42.0. The predicted molar refractivity (Wildman–Crippen MR) is 258 cm³/mol. The van der Waals surface area contributed by atoms with Crippen LogP contribution in [0.4, 0.5) is 0 Å². The van der Waals surface area contributed by atoms with Crippen LogP contribution >= 0.6 is 0 Å². The summed E-state index contributed by atoms with van der Waals surface area (Å²) in [5, 5.41) is 37.9. The van der Waals surface area contributed by atoms with Gasteiger partial charge in [-0.15, -0.1) is 0 Å². The number of carbonyl (C=O) groups excluding carboxylic acids is 8. The lowest BCUT2D eigenvalue weighted by Gasteiger charge is -2.30. The minimum Gasteiger partial charge on any atom is -0.480 e. The van der Waals surface area contributed by atoms with Gasteiger partial charge in [-0.05, 0) is 94.9 Å². The molecule has 24 heteroatoms. The average molecular weight is 982 g/mol. The monoisotopic (exact) mass is 982 g/mol. The second-order valence-electron chi connectivity index (χ2n) is 19.2. The Morgan fingerprint density at radius 3 is 1.65 bits per heavy atom. The average Bonchev–Trinajstić information content (AvgIpc) is 3.76. The number of nitrogens with two attached hydrogens (primary N) is 4. The van der Waals surface area contributed by atoms with E-state index in [1.54, 1.807) is 41.5 Å². The summed E-state index contributed by atoms with van der Waals surface area (Å²) in [6.07, 6.45) is 2.83. The molecule has 1 rings (SSSR count). The first-order valence-electron chi connectivity index (χ1n) is 24.0. The molecule has 1 aliphatic rings. The van der Waals surface area contributed by atoms with Gasteiger partial charge in [0.15, 0.2) is 5.96 Å². The van der Waals surface area contributed by atoms with E-state index in [-0.39, 0.29) is 56.6 Å². The highest BCUT2D eigenvalue weighted by Gasteiger charge is 2.39. The number of aliphatic hydroxyl groups is 1. The van der Waals surface area contributed by atoms with E-state index in [1.807, 2.05) is 13.8 Å². The highest BCUT2D eigenvalue weighted by molar-refractivity contribution is 5.98. The van der Waals surface area contributed by atoms with Crippen LogP contribution < -0.4 is 60.2 Å². The number of guanidine groups is 1. The smallest absolute Gasteiger partial charge is 0.326 e. The molecular weight excluding hydrogens is 899 g/mol.